The van der Waals surface area contributed by atoms with Gasteiger partial charge in [-0.05, 0) is 39.8 Å². The van der Waals surface area contributed by atoms with Gasteiger partial charge >= 0.3 is 0 Å². The fourth-order valence-electron chi connectivity index (χ4n) is 1.54. The number of carbonyl (C=O) groups is 1. The number of hydrogen-bond acceptors (Lipinski definition) is 2. The van der Waals surface area contributed by atoms with Crippen LogP contribution in [-0.2, 0) is 4.79 Å². The standard InChI is InChI=1S/C15H20N2O/c1-6-15(4,5)17-12(3)14(18)16-13-9-7-11(2)8-10-13/h1,7-10,12,17H,2-5H3,(H,16,18). The van der Waals surface area contributed by atoms with E-state index in [-0.39, 0.29) is 11.9 Å². The lowest BCUT2D eigenvalue weighted by Crippen LogP contribution is -2.48. The van der Waals surface area contributed by atoms with E-state index < -0.39 is 5.54 Å². The highest BCUT2D eigenvalue weighted by molar-refractivity contribution is 5.94. The summed E-state index contributed by atoms with van der Waals surface area (Å²) in [5, 5.41) is 5.93. The molecule has 0 aliphatic carbocycles. The van der Waals surface area contributed by atoms with E-state index in [1.165, 1.54) is 0 Å². The van der Waals surface area contributed by atoms with Gasteiger partial charge in [-0.3, -0.25) is 10.1 Å². The Bertz CT molecular complexity index is 454. The molecule has 0 fully saturated rings. The second kappa shape index (κ2) is 5.70. The minimum atomic E-state index is -0.496. The van der Waals surface area contributed by atoms with Crippen molar-refractivity contribution >= 4 is 11.6 Å². The number of terminal acetylenes is 1. The van der Waals surface area contributed by atoms with Crippen molar-refractivity contribution in [2.75, 3.05) is 5.32 Å². The molecule has 3 nitrogen and oxygen atoms in total. The molecule has 1 amide bonds. The molecule has 0 spiro atoms. The van der Waals surface area contributed by atoms with Crippen LogP contribution >= 0.6 is 0 Å². The SMILES string of the molecule is C#CC(C)(C)NC(C)C(=O)Nc1ccc(C)cc1. The molecule has 1 atom stereocenters. The number of nitrogens with one attached hydrogen (secondary N) is 2. The van der Waals surface area contributed by atoms with Crippen LogP contribution in [0.3, 0.4) is 0 Å². The van der Waals surface area contributed by atoms with Crippen molar-refractivity contribution in [2.24, 2.45) is 0 Å². The summed E-state index contributed by atoms with van der Waals surface area (Å²) in [7, 11) is 0. The zero-order chi connectivity index (χ0) is 13.8. The quantitative estimate of drug-likeness (QED) is 0.798. The molecule has 96 valence electrons. The molecule has 2 N–H and O–H groups in total. The molecule has 1 aromatic carbocycles. The third kappa shape index (κ3) is 4.23. The van der Waals surface area contributed by atoms with Gasteiger partial charge in [-0.15, -0.1) is 6.42 Å². The average Bonchev–Trinajstić information content (AvgIpc) is 2.31. The lowest BCUT2D eigenvalue weighted by Gasteiger charge is -2.24. The summed E-state index contributed by atoms with van der Waals surface area (Å²) in [6.07, 6.45) is 5.38. The molecule has 0 radical (unpaired) electrons. The van der Waals surface area contributed by atoms with E-state index in [2.05, 4.69) is 16.6 Å². The Morgan fingerprint density at radius 1 is 1.33 bits per heavy atom. The summed E-state index contributed by atoms with van der Waals surface area (Å²) in [6.45, 7) is 7.53. The maximum absolute atomic E-state index is 11.9. The molecular weight excluding hydrogens is 224 g/mol. The van der Waals surface area contributed by atoms with Crippen molar-refractivity contribution < 1.29 is 4.79 Å². The first-order chi connectivity index (χ1) is 8.34. The van der Waals surface area contributed by atoms with E-state index in [4.69, 9.17) is 6.42 Å². The van der Waals surface area contributed by atoms with Gasteiger partial charge < -0.3 is 5.32 Å². The number of amides is 1. The van der Waals surface area contributed by atoms with Crippen LogP contribution < -0.4 is 10.6 Å². The second-order valence-corrected chi connectivity index (χ2v) is 4.99. The Hall–Kier alpha value is -1.79. The summed E-state index contributed by atoms with van der Waals surface area (Å²) in [6, 6.07) is 7.33. The largest absolute Gasteiger partial charge is 0.325 e. The predicted octanol–water partition coefficient (Wildman–Crippen LogP) is 2.32. The molecule has 3 heteroatoms. The third-order valence-electron chi connectivity index (χ3n) is 2.65. The molecule has 1 aromatic rings. The lowest BCUT2D eigenvalue weighted by atomic mass is 10.1. The van der Waals surface area contributed by atoms with Gasteiger partial charge in [0.1, 0.15) is 0 Å². The van der Waals surface area contributed by atoms with E-state index >= 15 is 0 Å². The van der Waals surface area contributed by atoms with Gasteiger partial charge in [-0.25, -0.2) is 0 Å². The number of anilines is 1. The summed E-state index contributed by atoms with van der Waals surface area (Å²) >= 11 is 0. The smallest absolute Gasteiger partial charge is 0.241 e. The summed E-state index contributed by atoms with van der Waals surface area (Å²) in [4.78, 5) is 11.9. The number of hydrogen-bond donors (Lipinski definition) is 2. The first-order valence-electron chi connectivity index (χ1n) is 5.97. The number of benzene rings is 1. The number of rotatable bonds is 4. The molecule has 0 aliphatic heterocycles. The first kappa shape index (κ1) is 14.3. The van der Waals surface area contributed by atoms with Crippen LogP contribution in [0.2, 0.25) is 0 Å². The Balaban J connectivity index is 2.61. The second-order valence-electron chi connectivity index (χ2n) is 4.99. The van der Waals surface area contributed by atoms with Crippen LogP contribution in [0.4, 0.5) is 5.69 Å². The highest BCUT2D eigenvalue weighted by Crippen LogP contribution is 2.09. The van der Waals surface area contributed by atoms with Crippen LogP contribution in [0, 0.1) is 19.3 Å². The van der Waals surface area contributed by atoms with E-state index in [9.17, 15) is 4.79 Å². The highest BCUT2D eigenvalue weighted by atomic mass is 16.2. The lowest BCUT2D eigenvalue weighted by molar-refractivity contribution is -0.118. The molecule has 0 aliphatic rings. The zero-order valence-electron chi connectivity index (χ0n) is 11.4. The highest BCUT2D eigenvalue weighted by Gasteiger charge is 2.21. The van der Waals surface area contributed by atoms with Crippen molar-refractivity contribution in [1.29, 1.82) is 0 Å². The first-order valence-corrected chi connectivity index (χ1v) is 5.97. The predicted molar refractivity (Wildman–Crippen MR) is 75.3 cm³/mol. The molecule has 0 saturated heterocycles. The topological polar surface area (TPSA) is 41.1 Å². The summed E-state index contributed by atoms with van der Waals surface area (Å²) in [5.41, 5.74) is 1.45. The van der Waals surface area contributed by atoms with Crippen LogP contribution in [0.1, 0.15) is 26.3 Å². The van der Waals surface area contributed by atoms with Gasteiger partial charge in [0, 0.05) is 5.69 Å². The van der Waals surface area contributed by atoms with E-state index in [0.717, 1.165) is 11.3 Å². The number of carbonyl (C=O) groups excluding carboxylic acids is 1. The number of aryl methyl sites for hydroxylation is 1. The molecule has 1 unspecified atom stereocenters. The van der Waals surface area contributed by atoms with Crippen molar-refractivity contribution in [3.63, 3.8) is 0 Å². The molecule has 0 heterocycles. The van der Waals surface area contributed by atoms with Gasteiger partial charge in [-0.2, -0.15) is 0 Å². The van der Waals surface area contributed by atoms with Gasteiger partial charge in [0.2, 0.25) is 5.91 Å². The minimum absolute atomic E-state index is 0.0952. The van der Waals surface area contributed by atoms with Crippen LogP contribution in [0.5, 0.6) is 0 Å². The van der Waals surface area contributed by atoms with Crippen LogP contribution in [0.25, 0.3) is 0 Å². The Labute approximate surface area is 109 Å². The average molecular weight is 244 g/mol. The molecule has 18 heavy (non-hydrogen) atoms. The van der Waals surface area contributed by atoms with Gasteiger partial charge in [-0.1, -0.05) is 23.6 Å². The van der Waals surface area contributed by atoms with Crippen molar-refractivity contribution in [3.8, 4) is 12.3 Å². The van der Waals surface area contributed by atoms with Gasteiger partial charge in [0.15, 0.2) is 0 Å². The molecular formula is C15H20N2O. The molecule has 0 saturated carbocycles. The monoisotopic (exact) mass is 244 g/mol. The summed E-state index contributed by atoms with van der Waals surface area (Å²) < 4.78 is 0. The normalized spacial score (nSPS) is 12.6. The van der Waals surface area contributed by atoms with Gasteiger partial charge in [0.25, 0.3) is 0 Å². The summed E-state index contributed by atoms with van der Waals surface area (Å²) in [5.74, 6) is 2.51. The van der Waals surface area contributed by atoms with Crippen molar-refractivity contribution in [1.82, 2.24) is 5.32 Å². The zero-order valence-corrected chi connectivity index (χ0v) is 11.4. The minimum Gasteiger partial charge on any atom is -0.325 e. The molecule has 1 rings (SSSR count). The van der Waals surface area contributed by atoms with Crippen LogP contribution in [-0.4, -0.2) is 17.5 Å². The van der Waals surface area contributed by atoms with E-state index in [0.29, 0.717) is 0 Å². The third-order valence-corrected chi connectivity index (χ3v) is 2.65. The van der Waals surface area contributed by atoms with E-state index in [1.807, 2.05) is 45.0 Å². The molecule has 0 bridgehead atoms. The fourth-order valence-corrected chi connectivity index (χ4v) is 1.54. The van der Waals surface area contributed by atoms with Crippen LogP contribution in [0.15, 0.2) is 24.3 Å². The van der Waals surface area contributed by atoms with Crippen molar-refractivity contribution in [2.45, 2.75) is 39.3 Å². The maximum atomic E-state index is 11.9. The Kier molecular flexibility index (Phi) is 4.52. The Morgan fingerprint density at radius 2 is 1.89 bits per heavy atom. The Morgan fingerprint density at radius 3 is 2.39 bits per heavy atom. The van der Waals surface area contributed by atoms with E-state index in [1.54, 1.807) is 6.92 Å². The maximum Gasteiger partial charge on any atom is 0.241 e. The van der Waals surface area contributed by atoms with Crippen molar-refractivity contribution in [3.05, 3.63) is 29.8 Å². The fraction of sp³-hybridized carbons (Fsp3) is 0.400. The molecule has 0 aromatic heterocycles. The van der Waals surface area contributed by atoms with Gasteiger partial charge in [0.05, 0.1) is 11.6 Å².